The largest absolute Gasteiger partial charge is 0.491 e. The Morgan fingerprint density at radius 3 is 2.41 bits per heavy atom. The highest BCUT2D eigenvalue weighted by atomic mass is 35.5. The monoisotopic (exact) mass is 492 g/mol. The molecule has 3 heterocycles. The third kappa shape index (κ3) is 4.83. The van der Waals surface area contributed by atoms with E-state index in [1.165, 1.54) is 11.6 Å². The molecule has 184 valence electrons. The van der Waals surface area contributed by atoms with Crippen LogP contribution < -0.4 is 20.9 Å². The fraction of sp³-hybridized carbons (Fsp3) is 0.500. The van der Waals surface area contributed by atoms with Gasteiger partial charge in [0.15, 0.2) is 11.2 Å². The van der Waals surface area contributed by atoms with Crippen LogP contribution in [0.1, 0.15) is 0 Å². The van der Waals surface area contributed by atoms with Gasteiger partial charge >= 0.3 is 5.69 Å². The van der Waals surface area contributed by atoms with Gasteiger partial charge in [0.05, 0.1) is 13.2 Å². The Hall–Kier alpha value is -2.86. The van der Waals surface area contributed by atoms with Crippen LogP contribution >= 0.6 is 11.6 Å². The van der Waals surface area contributed by atoms with E-state index in [1.54, 1.807) is 35.9 Å². The van der Waals surface area contributed by atoms with Crippen molar-refractivity contribution in [2.45, 2.75) is 12.6 Å². The SMILES string of the molecule is Cn1c(=O)c2c(nc(N3CCN(CCO)CC3)n2C[C@@H](O)COc2ccc(Cl)cc2)n(C)c1=O. The zero-order valence-electron chi connectivity index (χ0n) is 19.2. The fourth-order valence-electron chi connectivity index (χ4n) is 4.15. The third-order valence-corrected chi connectivity index (χ3v) is 6.30. The molecule has 0 radical (unpaired) electrons. The van der Waals surface area contributed by atoms with Crippen molar-refractivity contribution < 1.29 is 14.9 Å². The van der Waals surface area contributed by atoms with Crippen LogP contribution in [0.25, 0.3) is 11.2 Å². The minimum Gasteiger partial charge on any atom is -0.491 e. The van der Waals surface area contributed by atoms with Gasteiger partial charge in [0.1, 0.15) is 18.5 Å². The average Bonchev–Trinajstić information content (AvgIpc) is 3.21. The molecule has 11 nitrogen and oxygen atoms in total. The maximum atomic E-state index is 13.1. The number of nitrogens with zero attached hydrogens (tertiary/aromatic N) is 6. The van der Waals surface area contributed by atoms with Crippen LogP contribution in [0.5, 0.6) is 5.75 Å². The molecule has 0 saturated carbocycles. The molecule has 0 unspecified atom stereocenters. The van der Waals surface area contributed by atoms with Crippen LogP contribution in [-0.4, -0.2) is 85.8 Å². The molecule has 1 saturated heterocycles. The first kappa shape index (κ1) is 24.3. The molecule has 1 aromatic carbocycles. The zero-order valence-corrected chi connectivity index (χ0v) is 20.0. The predicted octanol–water partition coefficient (Wildman–Crippen LogP) is -0.359. The van der Waals surface area contributed by atoms with Crippen LogP contribution in [0.3, 0.4) is 0 Å². The molecule has 2 N–H and O–H groups in total. The smallest absolute Gasteiger partial charge is 0.332 e. The van der Waals surface area contributed by atoms with Gasteiger partial charge in [-0.1, -0.05) is 11.6 Å². The fourth-order valence-corrected chi connectivity index (χ4v) is 4.27. The minimum absolute atomic E-state index is 0.00287. The Labute approximate surface area is 201 Å². The minimum atomic E-state index is -0.940. The summed E-state index contributed by atoms with van der Waals surface area (Å²) in [5.74, 6) is 1.08. The molecule has 0 aliphatic carbocycles. The highest BCUT2D eigenvalue weighted by molar-refractivity contribution is 6.30. The number of ether oxygens (including phenoxy) is 1. The number of benzene rings is 1. The molecular formula is C22H29ClN6O5. The second-order valence-electron chi connectivity index (χ2n) is 8.37. The average molecular weight is 493 g/mol. The van der Waals surface area contributed by atoms with E-state index in [0.29, 0.717) is 36.4 Å². The molecule has 4 rings (SSSR count). The molecule has 34 heavy (non-hydrogen) atoms. The first-order valence-corrected chi connectivity index (χ1v) is 11.5. The number of piperazine rings is 1. The van der Waals surface area contributed by atoms with Crippen LogP contribution in [0.4, 0.5) is 5.95 Å². The van der Waals surface area contributed by atoms with Crippen molar-refractivity contribution >= 4 is 28.7 Å². The number of aromatic nitrogens is 4. The molecule has 0 spiro atoms. The molecule has 2 aromatic heterocycles. The number of aliphatic hydroxyl groups excluding tert-OH is 2. The van der Waals surface area contributed by atoms with Gasteiger partial charge in [0, 0.05) is 51.8 Å². The van der Waals surface area contributed by atoms with Crippen molar-refractivity contribution in [3.63, 3.8) is 0 Å². The van der Waals surface area contributed by atoms with E-state index in [0.717, 1.165) is 17.7 Å². The number of anilines is 1. The topological polar surface area (TPSA) is 118 Å². The number of β-amino-alcohol motifs (C(OH)–C–C–N with tert-alkyl or cyclic N) is 1. The molecule has 3 aromatic rings. The van der Waals surface area contributed by atoms with Crippen molar-refractivity contribution in [2.75, 3.05) is 50.8 Å². The van der Waals surface area contributed by atoms with Gasteiger partial charge < -0.3 is 24.4 Å². The lowest BCUT2D eigenvalue weighted by atomic mass is 10.3. The van der Waals surface area contributed by atoms with Crippen LogP contribution in [0, 0.1) is 0 Å². The number of halogens is 1. The Bertz CT molecular complexity index is 1260. The maximum absolute atomic E-state index is 13.1. The predicted molar refractivity (Wildman–Crippen MR) is 129 cm³/mol. The summed E-state index contributed by atoms with van der Waals surface area (Å²) in [4.78, 5) is 34.4. The lowest BCUT2D eigenvalue weighted by Crippen LogP contribution is -2.48. The zero-order chi connectivity index (χ0) is 24.4. The quantitative estimate of drug-likeness (QED) is 0.438. The van der Waals surface area contributed by atoms with Crippen molar-refractivity contribution in [2.24, 2.45) is 14.1 Å². The lowest BCUT2D eigenvalue weighted by Gasteiger charge is -2.35. The normalized spacial score (nSPS) is 15.7. The standard InChI is InChI=1S/C22H29ClN6O5/c1-25-19-18(20(32)26(2)22(25)33)29(13-16(31)14-34-17-5-3-15(23)4-6-17)21(24-19)28-9-7-27(8-10-28)11-12-30/h3-6,16,30-31H,7-14H2,1-2H3/t16-/m1/s1. The molecule has 1 fully saturated rings. The molecular weight excluding hydrogens is 464 g/mol. The van der Waals surface area contributed by atoms with Gasteiger partial charge in [-0.05, 0) is 24.3 Å². The van der Waals surface area contributed by atoms with Crippen molar-refractivity contribution in [3.8, 4) is 5.75 Å². The van der Waals surface area contributed by atoms with E-state index in [9.17, 15) is 19.8 Å². The molecule has 1 aliphatic heterocycles. The summed E-state index contributed by atoms with van der Waals surface area (Å²) in [6, 6.07) is 6.83. The summed E-state index contributed by atoms with van der Waals surface area (Å²) in [5.41, 5.74) is -0.413. The first-order valence-electron chi connectivity index (χ1n) is 11.1. The molecule has 0 amide bonds. The Morgan fingerprint density at radius 1 is 1.09 bits per heavy atom. The Balaban J connectivity index is 1.65. The van der Waals surface area contributed by atoms with Gasteiger partial charge in [0.25, 0.3) is 5.56 Å². The summed E-state index contributed by atoms with van der Waals surface area (Å²) in [6.45, 7) is 3.47. The van der Waals surface area contributed by atoms with E-state index in [2.05, 4.69) is 9.88 Å². The number of rotatable bonds is 8. The highest BCUT2D eigenvalue weighted by Gasteiger charge is 2.26. The van der Waals surface area contributed by atoms with Crippen LogP contribution in [0.15, 0.2) is 33.9 Å². The van der Waals surface area contributed by atoms with E-state index < -0.39 is 17.4 Å². The van der Waals surface area contributed by atoms with Gasteiger partial charge in [0.2, 0.25) is 5.95 Å². The van der Waals surface area contributed by atoms with Crippen LogP contribution in [0.2, 0.25) is 5.02 Å². The Morgan fingerprint density at radius 2 is 1.76 bits per heavy atom. The molecule has 0 bridgehead atoms. The van der Waals surface area contributed by atoms with Gasteiger partial charge in [-0.25, -0.2) is 4.79 Å². The highest BCUT2D eigenvalue weighted by Crippen LogP contribution is 2.22. The summed E-state index contributed by atoms with van der Waals surface area (Å²) < 4.78 is 9.74. The van der Waals surface area contributed by atoms with E-state index in [1.807, 2.05) is 4.90 Å². The van der Waals surface area contributed by atoms with Crippen molar-refractivity contribution in [1.82, 2.24) is 23.6 Å². The third-order valence-electron chi connectivity index (χ3n) is 6.05. The second kappa shape index (κ2) is 10.2. The van der Waals surface area contributed by atoms with Gasteiger partial charge in [-0.2, -0.15) is 4.98 Å². The van der Waals surface area contributed by atoms with Gasteiger partial charge in [-0.15, -0.1) is 0 Å². The lowest BCUT2D eigenvalue weighted by molar-refractivity contribution is 0.0934. The van der Waals surface area contributed by atoms with E-state index in [-0.39, 0.29) is 30.9 Å². The molecule has 1 aliphatic rings. The molecule has 12 heteroatoms. The summed E-state index contributed by atoms with van der Waals surface area (Å²) in [5, 5.41) is 20.6. The summed E-state index contributed by atoms with van der Waals surface area (Å²) in [6.07, 6.45) is -0.940. The van der Waals surface area contributed by atoms with E-state index >= 15 is 0 Å². The first-order chi connectivity index (χ1) is 16.3. The summed E-state index contributed by atoms with van der Waals surface area (Å²) >= 11 is 5.90. The number of aryl methyl sites for hydroxylation is 1. The number of fused-ring (bicyclic) bond motifs is 1. The summed E-state index contributed by atoms with van der Waals surface area (Å²) in [7, 11) is 3.00. The molecule has 1 atom stereocenters. The van der Waals surface area contributed by atoms with E-state index in [4.69, 9.17) is 16.3 Å². The number of imidazole rings is 1. The number of aliphatic hydroxyl groups is 2. The van der Waals surface area contributed by atoms with Crippen molar-refractivity contribution in [3.05, 3.63) is 50.1 Å². The number of hydrogen-bond donors (Lipinski definition) is 2. The van der Waals surface area contributed by atoms with Gasteiger partial charge in [-0.3, -0.25) is 18.8 Å². The van der Waals surface area contributed by atoms with Crippen LogP contribution in [-0.2, 0) is 20.6 Å². The maximum Gasteiger partial charge on any atom is 0.332 e. The number of hydrogen-bond acceptors (Lipinski definition) is 8. The second-order valence-corrected chi connectivity index (χ2v) is 8.81. The Kier molecular flexibility index (Phi) is 7.27. The van der Waals surface area contributed by atoms with Crippen molar-refractivity contribution in [1.29, 1.82) is 0 Å².